The summed E-state index contributed by atoms with van der Waals surface area (Å²) in [6, 6.07) is 4.89. The summed E-state index contributed by atoms with van der Waals surface area (Å²) in [5, 5.41) is 3.89. The van der Waals surface area contributed by atoms with Gasteiger partial charge in [0.2, 0.25) is 0 Å². The number of hydrogen-bond acceptors (Lipinski definition) is 1. The molecule has 1 N–H and O–H groups in total. The molecule has 1 rings (SSSR count). The van der Waals surface area contributed by atoms with Gasteiger partial charge < -0.3 is 5.32 Å². The molecule has 0 fully saturated rings. The molecule has 1 nitrogen and oxygen atoms in total. The monoisotopic (exact) mass is 271 g/mol. The Balaban J connectivity index is 2.96. The molecule has 0 radical (unpaired) electrons. The zero-order valence-electron chi connectivity index (χ0n) is 11.7. The Hall–Kier alpha value is -0.600. The predicted molar refractivity (Wildman–Crippen MR) is 76.6 cm³/mol. The van der Waals surface area contributed by atoms with Gasteiger partial charge in [-0.2, -0.15) is 0 Å². The van der Waals surface area contributed by atoms with Crippen LogP contribution in [0.4, 0.5) is 4.39 Å². The Labute approximate surface area is 115 Å². The van der Waals surface area contributed by atoms with Crippen LogP contribution in [0.2, 0.25) is 5.02 Å². The van der Waals surface area contributed by atoms with Crippen molar-refractivity contribution in [1.82, 2.24) is 5.32 Å². The lowest BCUT2D eigenvalue weighted by Crippen LogP contribution is -2.38. The van der Waals surface area contributed by atoms with Crippen molar-refractivity contribution in [2.45, 2.75) is 34.1 Å². The molecule has 102 valence electrons. The molecule has 3 heteroatoms. The minimum Gasteiger partial charge on any atom is -0.316 e. The number of hydrogen-bond donors (Lipinski definition) is 1. The molecule has 0 saturated carbocycles. The molecule has 0 aliphatic rings. The second kappa shape index (κ2) is 6.53. The van der Waals surface area contributed by atoms with Gasteiger partial charge in [0.05, 0.1) is 0 Å². The van der Waals surface area contributed by atoms with E-state index in [4.69, 9.17) is 11.6 Å². The van der Waals surface area contributed by atoms with Crippen LogP contribution in [0, 0.1) is 17.2 Å². The summed E-state index contributed by atoms with van der Waals surface area (Å²) in [5.41, 5.74) is 0.634. The maximum atomic E-state index is 13.9. The van der Waals surface area contributed by atoms with Crippen LogP contribution in [0.3, 0.4) is 0 Å². The van der Waals surface area contributed by atoms with E-state index in [2.05, 4.69) is 33.0 Å². The van der Waals surface area contributed by atoms with E-state index in [1.165, 1.54) is 6.07 Å². The molecule has 0 aliphatic heterocycles. The van der Waals surface area contributed by atoms with E-state index >= 15 is 0 Å². The van der Waals surface area contributed by atoms with E-state index in [-0.39, 0.29) is 11.2 Å². The first-order chi connectivity index (χ1) is 8.40. The molecule has 1 aromatic carbocycles. The molecule has 0 saturated heterocycles. The molecule has 0 bridgehead atoms. The van der Waals surface area contributed by atoms with Crippen molar-refractivity contribution < 1.29 is 4.39 Å². The minimum absolute atomic E-state index is 0.00183. The molecule has 1 aromatic rings. The van der Waals surface area contributed by atoms with Gasteiger partial charge in [0, 0.05) is 17.1 Å². The summed E-state index contributed by atoms with van der Waals surface area (Å²) in [4.78, 5) is 0. The van der Waals surface area contributed by atoms with Gasteiger partial charge in [-0.3, -0.25) is 0 Å². The van der Waals surface area contributed by atoms with Crippen LogP contribution < -0.4 is 5.32 Å². The summed E-state index contributed by atoms with van der Waals surface area (Å²) in [5.74, 6) is 0.248. The van der Waals surface area contributed by atoms with Crippen LogP contribution in [-0.4, -0.2) is 13.1 Å². The second-order valence-corrected chi connectivity index (χ2v) is 5.87. The van der Waals surface area contributed by atoms with Crippen LogP contribution in [-0.2, 0) is 6.42 Å². The summed E-state index contributed by atoms with van der Waals surface area (Å²) in [7, 11) is 0. The van der Waals surface area contributed by atoms with Gasteiger partial charge in [-0.1, -0.05) is 45.4 Å². The third-order valence-corrected chi connectivity index (χ3v) is 4.17. The maximum Gasteiger partial charge on any atom is 0.127 e. The summed E-state index contributed by atoms with van der Waals surface area (Å²) in [6.07, 6.45) is 0.656. The topological polar surface area (TPSA) is 12.0 Å². The van der Waals surface area contributed by atoms with Gasteiger partial charge in [0.15, 0.2) is 0 Å². The fourth-order valence-electron chi connectivity index (χ4n) is 1.99. The average Bonchev–Trinajstić information content (AvgIpc) is 2.31. The molecule has 0 amide bonds. The van der Waals surface area contributed by atoms with Gasteiger partial charge >= 0.3 is 0 Å². The second-order valence-electron chi connectivity index (χ2n) is 5.47. The Morgan fingerprint density at radius 1 is 1.39 bits per heavy atom. The van der Waals surface area contributed by atoms with Gasteiger partial charge in [0.25, 0.3) is 0 Å². The van der Waals surface area contributed by atoms with E-state index < -0.39 is 0 Å². The van der Waals surface area contributed by atoms with Gasteiger partial charge in [-0.25, -0.2) is 4.39 Å². The Kier molecular flexibility index (Phi) is 5.61. The highest BCUT2D eigenvalue weighted by Gasteiger charge is 2.30. The van der Waals surface area contributed by atoms with Crippen LogP contribution in [0.1, 0.15) is 33.3 Å². The van der Waals surface area contributed by atoms with Gasteiger partial charge in [0.1, 0.15) is 5.82 Å². The van der Waals surface area contributed by atoms with Crippen molar-refractivity contribution in [3.8, 4) is 0 Å². The van der Waals surface area contributed by atoms with Crippen molar-refractivity contribution in [2.75, 3.05) is 13.1 Å². The predicted octanol–water partition coefficient (Wildman–Crippen LogP) is 4.29. The highest BCUT2D eigenvalue weighted by atomic mass is 35.5. The lowest BCUT2D eigenvalue weighted by atomic mass is 9.74. The molecular weight excluding hydrogens is 249 g/mol. The number of benzene rings is 1. The van der Waals surface area contributed by atoms with Crippen molar-refractivity contribution in [2.24, 2.45) is 11.3 Å². The first-order valence-electron chi connectivity index (χ1n) is 6.54. The third-order valence-electron chi connectivity index (χ3n) is 3.81. The fraction of sp³-hybridized carbons (Fsp3) is 0.600. The fourth-order valence-corrected chi connectivity index (χ4v) is 2.22. The molecule has 0 aliphatic carbocycles. The first kappa shape index (κ1) is 15.5. The molecule has 0 spiro atoms. The summed E-state index contributed by atoms with van der Waals surface area (Å²) < 4.78 is 13.9. The average molecular weight is 272 g/mol. The first-order valence-corrected chi connectivity index (χ1v) is 6.92. The van der Waals surface area contributed by atoms with E-state index in [1.54, 1.807) is 12.1 Å². The summed E-state index contributed by atoms with van der Waals surface area (Å²) >= 11 is 6.11. The van der Waals surface area contributed by atoms with Crippen molar-refractivity contribution in [3.05, 3.63) is 34.6 Å². The number of nitrogens with one attached hydrogen (secondary N) is 1. The zero-order valence-corrected chi connectivity index (χ0v) is 12.4. The van der Waals surface area contributed by atoms with E-state index in [0.717, 1.165) is 13.1 Å². The maximum absolute atomic E-state index is 13.9. The van der Waals surface area contributed by atoms with Crippen molar-refractivity contribution >= 4 is 11.6 Å². The smallest absolute Gasteiger partial charge is 0.127 e. The third kappa shape index (κ3) is 3.69. The molecule has 1 unspecified atom stereocenters. The van der Waals surface area contributed by atoms with E-state index in [0.29, 0.717) is 22.9 Å². The SMILES string of the molecule is CCNCC(C)(Cc1c(F)cccc1Cl)C(C)C. The largest absolute Gasteiger partial charge is 0.316 e. The highest BCUT2D eigenvalue weighted by Crippen LogP contribution is 2.34. The summed E-state index contributed by atoms with van der Waals surface area (Å²) in [6.45, 7) is 10.4. The number of halogens is 2. The minimum atomic E-state index is -0.203. The molecule has 0 heterocycles. The van der Waals surface area contributed by atoms with Crippen LogP contribution in [0.5, 0.6) is 0 Å². The van der Waals surface area contributed by atoms with Crippen LogP contribution >= 0.6 is 11.6 Å². The van der Waals surface area contributed by atoms with Crippen molar-refractivity contribution in [1.29, 1.82) is 0 Å². The quantitative estimate of drug-likeness (QED) is 0.814. The van der Waals surface area contributed by atoms with E-state index in [1.807, 2.05) is 0 Å². The highest BCUT2D eigenvalue weighted by molar-refractivity contribution is 6.31. The molecule has 0 aromatic heterocycles. The Morgan fingerprint density at radius 3 is 2.56 bits per heavy atom. The Morgan fingerprint density at radius 2 is 2.06 bits per heavy atom. The lowest BCUT2D eigenvalue weighted by molar-refractivity contribution is 0.207. The van der Waals surface area contributed by atoms with Gasteiger partial charge in [-0.05, 0) is 36.4 Å². The lowest BCUT2D eigenvalue weighted by Gasteiger charge is -2.34. The normalized spacial score (nSPS) is 14.8. The van der Waals surface area contributed by atoms with Crippen molar-refractivity contribution in [3.63, 3.8) is 0 Å². The van der Waals surface area contributed by atoms with Gasteiger partial charge in [-0.15, -0.1) is 0 Å². The van der Waals surface area contributed by atoms with Crippen LogP contribution in [0.25, 0.3) is 0 Å². The molecule has 18 heavy (non-hydrogen) atoms. The standard InChI is InChI=1S/C15H23ClFN/c1-5-18-10-15(4,11(2)3)9-12-13(16)7-6-8-14(12)17/h6-8,11,18H,5,9-10H2,1-4H3. The van der Waals surface area contributed by atoms with E-state index in [9.17, 15) is 4.39 Å². The molecular formula is C15H23ClFN. The van der Waals surface area contributed by atoms with Crippen LogP contribution in [0.15, 0.2) is 18.2 Å². The molecule has 1 atom stereocenters. The number of rotatable bonds is 6. The Bertz CT molecular complexity index is 372. The zero-order chi connectivity index (χ0) is 13.8.